The Labute approximate surface area is 157 Å². The Morgan fingerprint density at radius 1 is 1.08 bits per heavy atom. The first-order chi connectivity index (χ1) is 11.9. The number of rotatable bonds is 8. The highest BCUT2D eigenvalue weighted by Gasteiger charge is 2.26. The molecule has 0 aromatic heterocycles. The van der Waals surface area contributed by atoms with E-state index in [0.717, 1.165) is 16.5 Å². The van der Waals surface area contributed by atoms with E-state index in [1.54, 1.807) is 18.2 Å². The van der Waals surface area contributed by atoms with Gasteiger partial charge in [0, 0.05) is 17.6 Å². The maximum Gasteiger partial charge on any atom is 0.243 e. The number of carbonyl (C=O) groups is 1. The number of hydrogen-bond acceptors (Lipinski definition) is 3. The topological polar surface area (TPSA) is 66.5 Å². The first kappa shape index (κ1) is 19.6. The van der Waals surface area contributed by atoms with Gasteiger partial charge in [-0.3, -0.25) is 4.79 Å². The number of benzene rings is 2. The van der Waals surface area contributed by atoms with Gasteiger partial charge >= 0.3 is 0 Å². The first-order valence-electron chi connectivity index (χ1n) is 8.00. The van der Waals surface area contributed by atoms with Crippen molar-refractivity contribution in [2.45, 2.75) is 24.8 Å². The van der Waals surface area contributed by atoms with Crippen molar-refractivity contribution in [2.24, 2.45) is 0 Å². The Morgan fingerprint density at radius 2 is 1.72 bits per heavy atom. The van der Waals surface area contributed by atoms with Gasteiger partial charge in [-0.1, -0.05) is 53.2 Å². The lowest BCUT2D eigenvalue weighted by atomic mass is 10.2. The molecule has 1 N–H and O–H groups in total. The summed E-state index contributed by atoms with van der Waals surface area (Å²) >= 11 is 3.36. The number of hydrogen-bond donors (Lipinski definition) is 1. The summed E-state index contributed by atoms with van der Waals surface area (Å²) in [5, 5.41) is 2.73. The maximum absolute atomic E-state index is 12.9. The average Bonchev–Trinajstić information content (AvgIpc) is 2.62. The molecule has 0 bridgehead atoms. The molecule has 0 aliphatic rings. The molecule has 0 saturated heterocycles. The Kier molecular flexibility index (Phi) is 7.16. The molecule has 2 aromatic rings. The van der Waals surface area contributed by atoms with Crippen LogP contribution < -0.4 is 5.32 Å². The second-order valence-electron chi connectivity index (χ2n) is 5.56. The van der Waals surface area contributed by atoms with Crippen LogP contribution >= 0.6 is 15.9 Å². The zero-order valence-electron chi connectivity index (χ0n) is 14.0. The number of amides is 1. The van der Waals surface area contributed by atoms with Crippen molar-refractivity contribution in [2.75, 3.05) is 13.1 Å². The molecule has 0 saturated carbocycles. The Bertz CT molecular complexity index is 793. The second kappa shape index (κ2) is 9.12. The van der Waals surface area contributed by atoms with E-state index in [-0.39, 0.29) is 23.9 Å². The van der Waals surface area contributed by atoms with Gasteiger partial charge in [-0.25, -0.2) is 8.42 Å². The second-order valence-corrected chi connectivity index (χ2v) is 8.42. The number of carbonyl (C=O) groups excluding carboxylic acids is 1. The van der Waals surface area contributed by atoms with Crippen molar-refractivity contribution in [1.29, 1.82) is 0 Å². The molecule has 25 heavy (non-hydrogen) atoms. The summed E-state index contributed by atoms with van der Waals surface area (Å²) < 4.78 is 28.0. The summed E-state index contributed by atoms with van der Waals surface area (Å²) in [5.41, 5.74) is 0.811. The van der Waals surface area contributed by atoms with Crippen molar-refractivity contribution >= 4 is 31.9 Å². The molecular formula is C18H21BrN2O3S. The third-order valence-electron chi connectivity index (χ3n) is 3.55. The van der Waals surface area contributed by atoms with Gasteiger partial charge in [0.25, 0.3) is 0 Å². The lowest BCUT2D eigenvalue weighted by Crippen LogP contribution is -2.40. The molecule has 0 heterocycles. The average molecular weight is 425 g/mol. The van der Waals surface area contributed by atoms with E-state index >= 15 is 0 Å². The first-order valence-corrected chi connectivity index (χ1v) is 10.2. The summed E-state index contributed by atoms with van der Waals surface area (Å²) in [4.78, 5) is 12.3. The fraction of sp³-hybridized carbons (Fsp3) is 0.278. The molecule has 134 valence electrons. The van der Waals surface area contributed by atoms with Gasteiger partial charge in [0.15, 0.2) is 0 Å². The molecule has 0 aliphatic carbocycles. The van der Waals surface area contributed by atoms with E-state index in [2.05, 4.69) is 21.2 Å². The van der Waals surface area contributed by atoms with Crippen LogP contribution in [-0.2, 0) is 21.4 Å². The van der Waals surface area contributed by atoms with Crippen molar-refractivity contribution in [3.05, 3.63) is 64.6 Å². The van der Waals surface area contributed by atoms with Crippen LogP contribution in [0.3, 0.4) is 0 Å². The van der Waals surface area contributed by atoms with Crippen molar-refractivity contribution in [1.82, 2.24) is 9.62 Å². The van der Waals surface area contributed by atoms with E-state index < -0.39 is 10.0 Å². The summed E-state index contributed by atoms with van der Waals surface area (Å²) in [5.74, 6) is -0.307. The molecule has 2 rings (SSSR count). The number of nitrogens with one attached hydrogen (secondary N) is 1. The van der Waals surface area contributed by atoms with E-state index in [1.807, 2.05) is 31.2 Å². The van der Waals surface area contributed by atoms with Crippen LogP contribution in [0.4, 0.5) is 0 Å². The molecule has 0 unspecified atom stereocenters. The highest BCUT2D eigenvalue weighted by molar-refractivity contribution is 9.10. The van der Waals surface area contributed by atoms with Crippen LogP contribution in [0.5, 0.6) is 0 Å². The largest absolute Gasteiger partial charge is 0.355 e. The molecule has 0 radical (unpaired) electrons. The van der Waals surface area contributed by atoms with E-state index in [4.69, 9.17) is 0 Å². The molecule has 0 aliphatic heterocycles. The zero-order chi connectivity index (χ0) is 18.3. The van der Waals surface area contributed by atoms with Crippen LogP contribution in [0.2, 0.25) is 0 Å². The lowest BCUT2D eigenvalue weighted by Gasteiger charge is -2.22. The van der Waals surface area contributed by atoms with Gasteiger partial charge in [-0.2, -0.15) is 4.31 Å². The maximum atomic E-state index is 12.9. The minimum Gasteiger partial charge on any atom is -0.355 e. The predicted molar refractivity (Wildman–Crippen MR) is 101 cm³/mol. The Morgan fingerprint density at radius 3 is 2.32 bits per heavy atom. The summed E-state index contributed by atoms with van der Waals surface area (Å²) in [6.07, 6.45) is 0.796. The minimum atomic E-state index is -3.77. The van der Waals surface area contributed by atoms with Gasteiger partial charge in [-0.15, -0.1) is 0 Å². The van der Waals surface area contributed by atoms with Crippen LogP contribution in [0.25, 0.3) is 0 Å². The standard InChI is InChI=1S/C18H21BrN2O3S/c1-2-12-20-18(22)14-21(13-15-8-10-16(19)11-9-15)25(23,24)17-6-4-3-5-7-17/h3-11H,2,12-14H2,1H3,(H,20,22). The van der Waals surface area contributed by atoms with Crippen LogP contribution in [0.15, 0.2) is 64.0 Å². The SMILES string of the molecule is CCCNC(=O)CN(Cc1ccc(Br)cc1)S(=O)(=O)c1ccccc1. The molecule has 5 nitrogen and oxygen atoms in total. The van der Waals surface area contributed by atoms with Crippen molar-refractivity contribution in [3.63, 3.8) is 0 Å². The quantitative estimate of drug-likeness (QED) is 0.707. The zero-order valence-corrected chi connectivity index (χ0v) is 16.4. The molecule has 1 amide bonds. The molecule has 7 heteroatoms. The highest BCUT2D eigenvalue weighted by Crippen LogP contribution is 2.19. The summed E-state index contributed by atoms with van der Waals surface area (Å²) in [7, 11) is -3.77. The smallest absolute Gasteiger partial charge is 0.243 e. The van der Waals surface area contributed by atoms with Crippen LogP contribution in [-0.4, -0.2) is 31.7 Å². The summed E-state index contributed by atoms with van der Waals surface area (Å²) in [6, 6.07) is 15.5. The monoisotopic (exact) mass is 424 g/mol. The fourth-order valence-corrected chi connectivity index (χ4v) is 3.91. The third-order valence-corrected chi connectivity index (χ3v) is 5.88. The number of sulfonamides is 1. The van der Waals surface area contributed by atoms with E-state index in [9.17, 15) is 13.2 Å². The molecule has 2 aromatic carbocycles. The fourth-order valence-electron chi connectivity index (χ4n) is 2.24. The Balaban J connectivity index is 2.27. The predicted octanol–water partition coefficient (Wildman–Crippen LogP) is 3.17. The molecular weight excluding hydrogens is 404 g/mol. The van der Waals surface area contributed by atoms with Gasteiger partial charge in [-0.05, 0) is 36.2 Å². The van der Waals surface area contributed by atoms with Gasteiger partial charge in [0.1, 0.15) is 0 Å². The molecule has 0 spiro atoms. The number of halogens is 1. The van der Waals surface area contributed by atoms with Crippen LogP contribution in [0, 0.1) is 0 Å². The van der Waals surface area contributed by atoms with Crippen molar-refractivity contribution < 1.29 is 13.2 Å². The van der Waals surface area contributed by atoms with Gasteiger partial charge in [0.05, 0.1) is 11.4 Å². The van der Waals surface area contributed by atoms with Gasteiger partial charge < -0.3 is 5.32 Å². The molecule has 0 atom stereocenters. The lowest BCUT2D eigenvalue weighted by molar-refractivity contribution is -0.121. The highest BCUT2D eigenvalue weighted by atomic mass is 79.9. The third kappa shape index (κ3) is 5.66. The van der Waals surface area contributed by atoms with Crippen LogP contribution in [0.1, 0.15) is 18.9 Å². The molecule has 0 fully saturated rings. The van der Waals surface area contributed by atoms with E-state index in [1.165, 1.54) is 16.4 Å². The van der Waals surface area contributed by atoms with E-state index in [0.29, 0.717) is 6.54 Å². The summed E-state index contributed by atoms with van der Waals surface area (Å²) in [6.45, 7) is 2.38. The van der Waals surface area contributed by atoms with Crippen molar-refractivity contribution in [3.8, 4) is 0 Å². The minimum absolute atomic E-state index is 0.129. The van der Waals surface area contributed by atoms with Gasteiger partial charge in [0.2, 0.25) is 15.9 Å². The number of nitrogens with zero attached hydrogens (tertiary/aromatic N) is 1. The normalized spacial score (nSPS) is 11.5. The Hall–Kier alpha value is -1.70.